The maximum absolute atomic E-state index is 13.5. The van der Waals surface area contributed by atoms with Crippen LogP contribution in [0.25, 0.3) is 0 Å². The molecule has 0 aliphatic carbocycles. The highest BCUT2D eigenvalue weighted by Crippen LogP contribution is 2.35. The van der Waals surface area contributed by atoms with E-state index in [0.717, 1.165) is 67.6 Å². The van der Waals surface area contributed by atoms with Crippen LogP contribution in [0.3, 0.4) is 0 Å². The zero-order valence-electron chi connectivity index (χ0n) is 44.1. The summed E-state index contributed by atoms with van der Waals surface area (Å²) in [6, 6.07) is 15.5. The van der Waals surface area contributed by atoms with E-state index in [-0.39, 0.29) is 16.8 Å². The van der Waals surface area contributed by atoms with Gasteiger partial charge in [0.15, 0.2) is 0 Å². The Morgan fingerprint density at radius 1 is 0.684 bits per heavy atom. The molecule has 25 heteroatoms. The summed E-state index contributed by atoms with van der Waals surface area (Å²) in [6.45, 7) is 10.7. The van der Waals surface area contributed by atoms with Crippen LogP contribution in [0.4, 0.5) is 24.5 Å². The molecule has 4 aromatic rings. The van der Waals surface area contributed by atoms with Crippen molar-refractivity contribution in [3.8, 4) is 12.3 Å². The molecule has 2 N–H and O–H groups in total. The van der Waals surface area contributed by atoms with Crippen LogP contribution in [0.5, 0.6) is 0 Å². The van der Waals surface area contributed by atoms with Crippen LogP contribution in [0.1, 0.15) is 68.8 Å². The second kappa shape index (κ2) is 43.4. The zero-order chi connectivity index (χ0) is 57.2. The predicted octanol–water partition coefficient (Wildman–Crippen LogP) is 9.63. The molecule has 17 nitrogen and oxygen atoms in total. The summed E-state index contributed by atoms with van der Waals surface area (Å²) in [5.74, 6) is 3.44. The Bertz CT molecular complexity index is 2360. The molecule has 0 saturated carbocycles. The maximum atomic E-state index is 13.5. The largest absolute Gasteiger partial charge is 0.417 e. The van der Waals surface area contributed by atoms with Gasteiger partial charge in [-0.05, 0) is 72.9 Å². The lowest BCUT2D eigenvalue weighted by molar-refractivity contribution is -0.137. The minimum Gasteiger partial charge on any atom is -0.379 e. The molecule has 438 valence electrons. The molecular weight excluding hydrogens is 1140 g/mol. The first-order chi connectivity index (χ1) is 38.4. The smallest absolute Gasteiger partial charge is 0.379 e. The fraction of sp³-hybridized carbons (Fsp3) is 0.537. The summed E-state index contributed by atoms with van der Waals surface area (Å²) in [6.07, 6.45) is 7.66. The average molecular weight is 1210 g/mol. The molecule has 5 rings (SSSR count). The van der Waals surface area contributed by atoms with Crippen molar-refractivity contribution < 1.29 is 60.7 Å². The number of alkyl halides is 7. The summed E-state index contributed by atoms with van der Waals surface area (Å²) in [7, 11) is 0. The van der Waals surface area contributed by atoms with E-state index in [2.05, 4.69) is 37.0 Å². The van der Waals surface area contributed by atoms with Gasteiger partial charge in [-0.25, -0.2) is 10.1 Å². The van der Waals surface area contributed by atoms with Gasteiger partial charge < -0.3 is 48.1 Å². The minimum absolute atomic E-state index is 0.0851. The Labute approximate surface area is 486 Å². The molecule has 79 heavy (non-hydrogen) atoms. The van der Waals surface area contributed by atoms with Crippen LogP contribution in [0.15, 0.2) is 72.0 Å². The van der Waals surface area contributed by atoms with Crippen molar-refractivity contribution in [1.29, 1.82) is 0 Å². The number of piperidine rings is 1. The van der Waals surface area contributed by atoms with Crippen molar-refractivity contribution in [2.24, 2.45) is 5.10 Å². The van der Waals surface area contributed by atoms with Gasteiger partial charge >= 0.3 is 6.18 Å². The quantitative estimate of drug-likeness (QED) is 0.0145. The average Bonchev–Trinajstić information content (AvgIpc) is 3.92. The van der Waals surface area contributed by atoms with E-state index in [1.54, 1.807) is 35.0 Å². The van der Waals surface area contributed by atoms with E-state index >= 15 is 0 Å². The number of amides is 2. The summed E-state index contributed by atoms with van der Waals surface area (Å²) in [4.78, 5) is 29.2. The molecule has 1 saturated heterocycles. The van der Waals surface area contributed by atoms with Crippen LogP contribution < -0.4 is 15.6 Å². The summed E-state index contributed by atoms with van der Waals surface area (Å²) in [5.41, 5.74) is 4.54. The minimum atomic E-state index is -4.65. The highest BCUT2D eigenvalue weighted by atomic mass is 35.5. The van der Waals surface area contributed by atoms with E-state index in [4.69, 9.17) is 102 Å². The molecule has 0 bridgehead atoms. The lowest BCUT2D eigenvalue weighted by atomic mass is 10.1. The standard InChI is InChI=1S/C38H42Cl2F3N7O5.C10H17ClO3.C6H12Cl2O2/c39-12-16-54-18-20-55-19-17-53-15-11-30-26-50(48-46-30)25-28-5-4-6-29(21-28)36(51)45-35-10-8-31(49-13-2-1-3-14-49)23-32(35)37(52)47-44-24-27-7-9-34(40)33(22-27)38(41,42)43;1-2-3-5-12-7-9-14-10-8-13-6-4-11;7-1-3-9-5-6-10-4-2-8/h4-10,21-24,26H,1-3,11-20,25H2,(H,45,51)(H,47,52);1H,3-10H2;1-6H2/b44-24+;;. The number of rotatable bonds is 36. The van der Waals surface area contributed by atoms with Crippen LogP contribution in [0, 0.1) is 12.3 Å². The molecule has 0 radical (unpaired) electrons. The van der Waals surface area contributed by atoms with Crippen molar-refractivity contribution in [2.45, 2.75) is 44.8 Å². The third-order valence-corrected chi connectivity index (χ3v) is 11.6. The van der Waals surface area contributed by atoms with E-state index in [9.17, 15) is 22.8 Å². The van der Waals surface area contributed by atoms with Crippen molar-refractivity contribution in [3.63, 3.8) is 0 Å². The lowest BCUT2D eigenvalue weighted by Gasteiger charge is -2.29. The van der Waals surface area contributed by atoms with Crippen molar-refractivity contribution in [2.75, 3.05) is 153 Å². The molecule has 1 aliphatic rings. The number of hydrogen-bond acceptors (Lipinski definition) is 14. The Kier molecular flexibility index (Phi) is 37.9. The van der Waals surface area contributed by atoms with E-state index in [0.29, 0.717) is 154 Å². The van der Waals surface area contributed by atoms with Gasteiger partial charge in [-0.15, -0.1) is 63.8 Å². The second-order valence-electron chi connectivity index (χ2n) is 16.6. The number of anilines is 2. The molecule has 0 spiro atoms. The summed E-state index contributed by atoms with van der Waals surface area (Å²) in [5, 5.41) is 14.7. The second-order valence-corrected chi connectivity index (χ2v) is 18.6. The highest BCUT2D eigenvalue weighted by molar-refractivity contribution is 6.31. The topological polar surface area (TPSA) is 178 Å². The van der Waals surface area contributed by atoms with Crippen LogP contribution in [-0.4, -0.2) is 175 Å². The molecule has 3 aromatic carbocycles. The van der Waals surface area contributed by atoms with Crippen molar-refractivity contribution in [3.05, 3.63) is 105 Å². The van der Waals surface area contributed by atoms with Crippen molar-refractivity contribution in [1.82, 2.24) is 20.4 Å². The molecule has 2 heterocycles. The maximum Gasteiger partial charge on any atom is 0.417 e. The number of hydrazone groups is 1. The number of nitrogens with one attached hydrogen (secondary N) is 2. The number of halogens is 8. The third-order valence-electron chi connectivity index (χ3n) is 10.7. The van der Waals surface area contributed by atoms with Gasteiger partial charge in [0.25, 0.3) is 11.8 Å². The number of ether oxygens (including phenoxy) is 8. The van der Waals surface area contributed by atoms with Gasteiger partial charge in [-0.3, -0.25) is 9.59 Å². The lowest BCUT2D eigenvalue weighted by Crippen LogP contribution is -2.30. The molecule has 0 unspecified atom stereocenters. The monoisotopic (exact) mass is 1210 g/mol. The molecule has 1 fully saturated rings. The fourth-order valence-electron chi connectivity index (χ4n) is 6.90. The first kappa shape index (κ1) is 69.0. The molecule has 1 aromatic heterocycles. The summed E-state index contributed by atoms with van der Waals surface area (Å²) >= 11 is 27.4. The highest BCUT2D eigenvalue weighted by Gasteiger charge is 2.33. The van der Waals surface area contributed by atoms with Gasteiger partial charge in [-0.1, -0.05) is 35.0 Å². The number of nitrogens with zero attached hydrogens (tertiary/aromatic N) is 5. The third kappa shape index (κ3) is 30.9. The molecule has 2 amide bonds. The predicted molar refractivity (Wildman–Crippen MR) is 304 cm³/mol. The molecule has 1 aliphatic heterocycles. The number of carbonyl (C=O) groups excluding carboxylic acids is 2. The van der Waals surface area contributed by atoms with Gasteiger partial charge in [0.05, 0.1) is 146 Å². The van der Waals surface area contributed by atoms with E-state index < -0.39 is 28.6 Å². The molecular formula is C54H71Cl5F3N7O10. The Hall–Kier alpha value is -4.31. The van der Waals surface area contributed by atoms with E-state index in [1.165, 1.54) is 6.07 Å². The first-order valence-corrected chi connectivity index (χ1v) is 28.1. The zero-order valence-corrected chi connectivity index (χ0v) is 47.9. The van der Waals surface area contributed by atoms with E-state index in [1.807, 2.05) is 18.3 Å². The number of carbonyl (C=O) groups is 2. The number of aromatic nitrogens is 3. The van der Waals surface area contributed by atoms with Crippen molar-refractivity contribution >= 4 is 87.4 Å². The number of benzene rings is 3. The first-order valence-electron chi connectivity index (χ1n) is 25.6. The van der Waals surface area contributed by atoms with Crippen LogP contribution >= 0.6 is 58.0 Å². The van der Waals surface area contributed by atoms with Gasteiger partial charge in [-0.2, -0.15) is 18.3 Å². The Morgan fingerprint density at radius 2 is 1.24 bits per heavy atom. The Morgan fingerprint density at radius 3 is 1.80 bits per heavy atom. The fourth-order valence-corrected chi connectivity index (χ4v) is 7.56. The summed E-state index contributed by atoms with van der Waals surface area (Å²) < 4.78 is 83.5. The van der Waals surface area contributed by atoms with Gasteiger partial charge in [0, 0.05) is 66.9 Å². The van der Waals surface area contributed by atoms with Crippen LogP contribution in [0.2, 0.25) is 5.02 Å². The van der Waals surface area contributed by atoms with Gasteiger partial charge in [0.2, 0.25) is 0 Å². The SMILES string of the molecule is C#CCCOCCOCCOCCCl.ClCCOCCOCCCl.O=C(Nc1ccc(N2CCCCC2)cc1C(=O)N/N=C/c1ccc(Cl)c(C(F)(F)F)c1)c1cccc(Cn2cc(CCOCCOCCOCCCl)nn2)c1. The van der Waals surface area contributed by atoms with Crippen LogP contribution in [-0.2, 0) is 57.0 Å². The molecule has 0 atom stereocenters. The number of hydrogen-bond donors (Lipinski definition) is 2. The normalized spacial score (nSPS) is 12.4. The number of terminal acetylenes is 1. The Balaban J connectivity index is 0.000000565. The van der Waals surface area contributed by atoms with Gasteiger partial charge in [0.1, 0.15) is 0 Å².